The molecule has 0 saturated heterocycles. The molecule has 2 aliphatic rings. The van der Waals surface area contributed by atoms with E-state index in [2.05, 4.69) is 193 Å². The van der Waals surface area contributed by atoms with Gasteiger partial charge < -0.3 is 9.30 Å². The normalized spacial score (nSPS) is 13.4. The van der Waals surface area contributed by atoms with Crippen LogP contribution in [0.25, 0.3) is 60.9 Å². The monoisotopic (exact) mass is 649 g/mol. The number of fused-ring (bicyclic) bond motifs is 13. The molecule has 0 saturated carbocycles. The topological polar surface area (TPSA) is 14.2 Å². The van der Waals surface area contributed by atoms with Gasteiger partial charge in [-0.05, 0) is 93.0 Å². The molecule has 1 aromatic heterocycles. The van der Waals surface area contributed by atoms with Gasteiger partial charge in [0, 0.05) is 27.6 Å². The average Bonchev–Trinajstić information content (AvgIpc) is 3.70. The lowest BCUT2D eigenvalue weighted by Crippen LogP contribution is -2.32. The quantitative estimate of drug-likeness (QED) is 0.186. The van der Waals surface area contributed by atoms with E-state index < -0.39 is 5.41 Å². The summed E-state index contributed by atoms with van der Waals surface area (Å²) in [4.78, 5) is 0. The molecule has 0 radical (unpaired) electrons. The first kappa shape index (κ1) is 28.2. The Kier molecular flexibility index (Phi) is 5.91. The molecule has 51 heavy (non-hydrogen) atoms. The molecule has 0 amide bonds. The summed E-state index contributed by atoms with van der Waals surface area (Å²) in [5.41, 5.74) is 15.1. The standard InChI is InChI=1S/C49H31NO/c1-4-14-32(15-5-1)34-24-28-45-41(30-34)49(42-31-35(25-29-46(42)51-45)33-16-6-2-7-17-33)40-22-12-10-20-37(40)38-26-27-44-47(48(38)49)39-21-11-13-23-43(39)50(44)36-18-8-3-9-19-36/h1-31H. The summed E-state index contributed by atoms with van der Waals surface area (Å²) in [5, 5.41) is 2.52. The van der Waals surface area contributed by atoms with Gasteiger partial charge >= 0.3 is 0 Å². The van der Waals surface area contributed by atoms with Crippen molar-refractivity contribution in [2.24, 2.45) is 0 Å². The SMILES string of the molecule is c1ccc(-c2ccc3c(c2)C2(c4cc(-c5ccccc5)ccc4O3)c3ccccc3-c3ccc4c(c32)c2ccccc2n4-c2ccccc2)cc1. The molecule has 1 aliphatic heterocycles. The largest absolute Gasteiger partial charge is 0.457 e. The Morgan fingerprint density at radius 2 is 0.961 bits per heavy atom. The number of aromatic nitrogens is 1. The van der Waals surface area contributed by atoms with Crippen molar-refractivity contribution in [1.29, 1.82) is 0 Å². The van der Waals surface area contributed by atoms with Crippen LogP contribution in [0.3, 0.4) is 0 Å². The molecular weight excluding hydrogens is 619 g/mol. The number of para-hydroxylation sites is 2. The zero-order valence-electron chi connectivity index (χ0n) is 27.8. The van der Waals surface area contributed by atoms with Gasteiger partial charge in [0.2, 0.25) is 0 Å². The minimum Gasteiger partial charge on any atom is -0.457 e. The molecular formula is C49H31NO. The number of rotatable bonds is 3. The Morgan fingerprint density at radius 3 is 1.63 bits per heavy atom. The lowest BCUT2D eigenvalue weighted by atomic mass is 9.64. The Balaban J connectivity index is 1.35. The summed E-state index contributed by atoms with van der Waals surface area (Å²) in [6, 6.07) is 68.4. The highest BCUT2D eigenvalue weighted by Gasteiger charge is 2.52. The van der Waals surface area contributed by atoms with E-state index in [4.69, 9.17) is 4.74 Å². The first-order chi connectivity index (χ1) is 25.3. The molecule has 1 aliphatic carbocycles. The van der Waals surface area contributed by atoms with Gasteiger partial charge in [-0.15, -0.1) is 0 Å². The first-order valence-corrected chi connectivity index (χ1v) is 17.6. The van der Waals surface area contributed by atoms with Crippen molar-refractivity contribution in [2.75, 3.05) is 0 Å². The first-order valence-electron chi connectivity index (χ1n) is 17.6. The molecule has 2 heteroatoms. The van der Waals surface area contributed by atoms with Crippen LogP contribution < -0.4 is 4.74 Å². The third-order valence-corrected chi connectivity index (χ3v) is 11.1. The number of ether oxygens (including phenoxy) is 1. The molecule has 0 bridgehead atoms. The van der Waals surface area contributed by atoms with Gasteiger partial charge in [0.15, 0.2) is 0 Å². The van der Waals surface area contributed by atoms with E-state index in [1.165, 1.54) is 66.3 Å². The van der Waals surface area contributed by atoms with E-state index in [-0.39, 0.29) is 0 Å². The Hall–Kier alpha value is -6.64. The molecule has 2 nitrogen and oxygen atoms in total. The summed E-state index contributed by atoms with van der Waals surface area (Å²) >= 11 is 0. The van der Waals surface area contributed by atoms with Crippen molar-refractivity contribution in [3.05, 3.63) is 210 Å². The average molecular weight is 650 g/mol. The maximum Gasteiger partial charge on any atom is 0.132 e. The fraction of sp³-hybridized carbons (Fsp3) is 0.0204. The van der Waals surface area contributed by atoms with Gasteiger partial charge in [-0.1, -0.05) is 140 Å². The van der Waals surface area contributed by atoms with Crippen LogP contribution in [-0.4, -0.2) is 4.57 Å². The smallest absolute Gasteiger partial charge is 0.132 e. The molecule has 0 fully saturated rings. The van der Waals surface area contributed by atoms with Crippen LogP contribution in [0, 0.1) is 0 Å². The van der Waals surface area contributed by atoms with E-state index in [0.29, 0.717) is 0 Å². The van der Waals surface area contributed by atoms with Crippen molar-refractivity contribution in [1.82, 2.24) is 4.57 Å². The minimum absolute atomic E-state index is 0.657. The molecule has 8 aromatic carbocycles. The highest BCUT2D eigenvalue weighted by atomic mass is 16.5. The van der Waals surface area contributed by atoms with Gasteiger partial charge in [-0.2, -0.15) is 0 Å². The van der Waals surface area contributed by atoms with Crippen LogP contribution in [0.1, 0.15) is 22.3 Å². The number of nitrogens with zero attached hydrogens (tertiary/aromatic N) is 1. The number of benzene rings is 8. The summed E-state index contributed by atoms with van der Waals surface area (Å²) in [6.07, 6.45) is 0. The zero-order chi connectivity index (χ0) is 33.5. The maximum absolute atomic E-state index is 6.94. The third kappa shape index (κ3) is 3.87. The van der Waals surface area contributed by atoms with E-state index in [0.717, 1.165) is 28.3 Å². The van der Waals surface area contributed by atoms with Gasteiger partial charge in [-0.3, -0.25) is 0 Å². The second-order valence-electron chi connectivity index (χ2n) is 13.6. The van der Waals surface area contributed by atoms with Crippen LogP contribution in [-0.2, 0) is 5.41 Å². The van der Waals surface area contributed by atoms with Crippen LogP contribution in [0.5, 0.6) is 11.5 Å². The van der Waals surface area contributed by atoms with Gasteiger partial charge in [0.25, 0.3) is 0 Å². The maximum atomic E-state index is 6.94. The lowest BCUT2D eigenvalue weighted by Gasteiger charge is -2.40. The van der Waals surface area contributed by atoms with E-state index in [9.17, 15) is 0 Å². The molecule has 11 rings (SSSR count). The van der Waals surface area contributed by atoms with Crippen LogP contribution in [0.15, 0.2) is 188 Å². The van der Waals surface area contributed by atoms with Crippen LogP contribution in [0.2, 0.25) is 0 Å². The Labute approximate surface area is 296 Å². The van der Waals surface area contributed by atoms with Crippen molar-refractivity contribution in [2.45, 2.75) is 5.41 Å². The Morgan fingerprint density at radius 1 is 0.392 bits per heavy atom. The van der Waals surface area contributed by atoms with Gasteiger partial charge in [0.05, 0.1) is 16.4 Å². The third-order valence-electron chi connectivity index (χ3n) is 11.1. The zero-order valence-corrected chi connectivity index (χ0v) is 27.8. The number of hydrogen-bond acceptors (Lipinski definition) is 1. The van der Waals surface area contributed by atoms with Crippen molar-refractivity contribution in [3.63, 3.8) is 0 Å². The fourth-order valence-electron chi connectivity index (χ4n) is 8.98. The summed E-state index contributed by atoms with van der Waals surface area (Å²) in [6.45, 7) is 0. The van der Waals surface area contributed by atoms with Crippen molar-refractivity contribution >= 4 is 21.8 Å². The molecule has 1 spiro atoms. The van der Waals surface area contributed by atoms with Gasteiger partial charge in [-0.25, -0.2) is 0 Å². The molecule has 0 N–H and O–H groups in total. The van der Waals surface area contributed by atoms with E-state index in [1.807, 2.05) is 0 Å². The second-order valence-corrected chi connectivity index (χ2v) is 13.6. The summed E-state index contributed by atoms with van der Waals surface area (Å²) in [7, 11) is 0. The van der Waals surface area contributed by atoms with Crippen molar-refractivity contribution < 1.29 is 4.74 Å². The molecule has 9 aromatic rings. The molecule has 0 unspecified atom stereocenters. The Bertz CT molecular complexity index is 2720. The summed E-state index contributed by atoms with van der Waals surface area (Å²) < 4.78 is 9.38. The molecule has 0 atom stereocenters. The minimum atomic E-state index is -0.657. The van der Waals surface area contributed by atoms with E-state index in [1.54, 1.807) is 0 Å². The highest BCUT2D eigenvalue weighted by molar-refractivity contribution is 6.15. The fourth-order valence-corrected chi connectivity index (χ4v) is 8.98. The van der Waals surface area contributed by atoms with Crippen LogP contribution >= 0.6 is 0 Å². The second kappa shape index (κ2) is 10.7. The molecule has 2 heterocycles. The predicted octanol–water partition coefficient (Wildman–Crippen LogP) is 12.6. The van der Waals surface area contributed by atoms with Crippen molar-refractivity contribution in [3.8, 4) is 50.6 Å². The van der Waals surface area contributed by atoms with E-state index >= 15 is 0 Å². The van der Waals surface area contributed by atoms with Gasteiger partial charge in [0.1, 0.15) is 11.5 Å². The predicted molar refractivity (Wildman–Crippen MR) is 209 cm³/mol. The van der Waals surface area contributed by atoms with Crippen LogP contribution in [0.4, 0.5) is 0 Å². The highest BCUT2D eigenvalue weighted by Crippen LogP contribution is 2.64. The number of hydrogen-bond donors (Lipinski definition) is 0. The molecule has 238 valence electrons. The summed E-state index contributed by atoms with van der Waals surface area (Å²) in [5.74, 6) is 1.78. The lowest BCUT2D eigenvalue weighted by molar-refractivity contribution is 0.437.